The summed E-state index contributed by atoms with van der Waals surface area (Å²) in [5, 5.41) is 33.1. The molecule has 13 heteroatoms. The fourth-order valence-corrected chi connectivity index (χ4v) is 6.41. The molecule has 1 aliphatic rings. The highest BCUT2D eigenvalue weighted by molar-refractivity contribution is 8.00. The maximum Gasteiger partial charge on any atom is 0.296 e. The van der Waals surface area contributed by atoms with Crippen molar-refractivity contribution >= 4 is 68.5 Å². The van der Waals surface area contributed by atoms with Crippen LogP contribution in [0.1, 0.15) is 26.8 Å². The number of amides is 1. The summed E-state index contributed by atoms with van der Waals surface area (Å²) in [6, 6.07) is 15.1. The number of hydrogen-bond donors (Lipinski definition) is 1. The smallest absolute Gasteiger partial charge is 0.296 e. The Morgan fingerprint density at radius 2 is 1.95 bits per heavy atom. The van der Waals surface area contributed by atoms with Crippen molar-refractivity contribution in [3.63, 3.8) is 0 Å². The van der Waals surface area contributed by atoms with Crippen molar-refractivity contribution in [3.8, 4) is 0 Å². The fourth-order valence-electron chi connectivity index (χ4n) is 3.78. The lowest BCUT2D eigenvalue weighted by Gasteiger charge is -2.23. The second-order valence-corrected chi connectivity index (χ2v) is 11.3. The number of rotatable bonds is 8. The van der Waals surface area contributed by atoms with E-state index in [1.165, 1.54) is 34.9 Å². The highest BCUT2D eigenvalue weighted by atomic mass is 35.5. The lowest BCUT2D eigenvalue weighted by atomic mass is 9.95. The number of anilines is 1. The van der Waals surface area contributed by atoms with Crippen LogP contribution in [0.25, 0.3) is 0 Å². The largest absolute Gasteiger partial charge is 0.503 e. The molecule has 4 aromatic rings. The molecule has 186 valence electrons. The monoisotopic (exact) mass is 570 g/mol. The van der Waals surface area contributed by atoms with E-state index in [2.05, 4.69) is 10.2 Å². The molecular weight excluding hydrogens is 556 g/mol. The molecule has 1 aliphatic heterocycles. The van der Waals surface area contributed by atoms with Gasteiger partial charge in [-0.15, -0.1) is 21.5 Å². The van der Waals surface area contributed by atoms with Gasteiger partial charge >= 0.3 is 0 Å². The van der Waals surface area contributed by atoms with E-state index in [1.54, 1.807) is 35.7 Å². The summed E-state index contributed by atoms with van der Waals surface area (Å²) in [4.78, 5) is 39.0. The first kappa shape index (κ1) is 25.1. The molecule has 0 saturated heterocycles. The lowest BCUT2D eigenvalue weighted by Crippen LogP contribution is -2.31. The summed E-state index contributed by atoms with van der Waals surface area (Å²) < 4.78 is 0.563. The third-order valence-electron chi connectivity index (χ3n) is 5.47. The van der Waals surface area contributed by atoms with E-state index >= 15 is 0 Å². The number of thiophene rings is 1. The molecule has 0 saturated carbocycles. The van der Waals surface area contributed by atoms with Crippen LogP contribution >= 0.6 is 46.0 Å². The van der Waals surface area contributed by atoms with E-state index in [-0.39, 0.29) is 22.0 Å². The number of carbonyl (C=O) groups excluding carboxylic acids is 2. The molecule has 0 spiro atoms. The van der Waals surface area contributed by atoms with Gasteiger partial charge in [0.1, 0.15) is 0 Å². The standard InChI is InChI=1S/C24H15ClN4O5S3/c25-15-8-6-13(7-9-15)12-36-24-27-26-23(37-24)28-19(14-3-1-4-16(11-14)29(33)34)18(21(31)22(28)32)20(30)17-5-2-10-35-17/h1-11,19,31H,12H2. The van der Waals surface area contributed by atoms with Gasteiger partial charge in [-0.1, -0.05) is 65.0 Å². The number of hydrogen-bond acceptors (Lipinski definition) is 10. The molecular formula is C24H15ClN4O5S3. The van der Waals surface area contributed by atoms with Crippen molar-refractivity contribution in [2.24, 2.45) is 0 Å². The number of thioether (sulfide) groups is 1. The van der Waals surface area contributed by atoms with Crippen molar-refractivity contribution < 1.29 is 19.6 Å². The van der Waals surface area contributed by atoms with Crippen LogP contribution in [0.2, 0.25) is 5.02 Å². The quantitative estimate of drug-likeness (QED) is 0.0867. The average Bonchev–Trinajstić information content (AvgIpc) is 3.64. The number of nitro benzene ring substituents is 1. The minimum atomic E-state index is -1.12. The van der Waals surface area contributed by atoms with E-state index in [0.717, 1.165) is 28.2 Å². The summed E-state index contributed by atoms with van der Waals surface area (Å²) in [7, 11) is 0. The molecule has 37 heavy (non-hydrogen) atoms. The van der Waals surface area contributed by atoms with Crippen LogP contribution in [0.3, 0.4) is 0 Å². The number of Topliss-reactive ketones (excluding diaryl/α,β-unsaturated/α-hetero) is 1. The van der Waals surface area contributed by atoms with Gasteiger partial charge in [-0.2, -0.15) is 0 Å². The van der Waals surface area contributed by atoms with Gasteiger partial charge in [-0.3, -0.25) is 24.6 Å². The maximum atomic E-state index is 13.4. The Morgan fingerprint density at radius 1 is 1.16 bits per heavy atom. The number of benzene rings is 2. The molecule has 5 rings (SSSR count). The van der Waals surface area contributed by atoms with Gasteiger partial charge in [0.15, 0.2) is 10.1 Å². The first-order valence-corrected chi connectivity index (χ1v) is 13.7. The van der Waals surface area contributed by atoms with E-state index in [0.29, 0.717) is 20.0 Å². The average molecular weight is 571 g/mol. The zero-order valence-electron chi connectivity index (χ0n) is 18.6. The van der Waals surface area contributed by atoms with Crippen molar-refractivity contribution in [3.05, 3.63) is 109 Å². The first-order valence-electron chi connectivity index (χ1n) is 10.6. The molecule has 0 radical (unpaired) electrons. The second kappa shape index (κ2) is 10.4. The second-order valence-electron chi connectivity index (χ2n) is 7.76. The normalized spacial score (nSPS) is 15.4. The van der Waals surface area contributed by atoms with Crippen LogP contribution in [0.4, 0.5) is 10.8 Å². The van der Waals surface area contributed by atoms with Crippen molar-refractivity contribution in [1.29, 1.82) is 0 Å². The van der Waals surface area contributed by atoms with Gasteiger partial charge in [0, 0.05) is 22.9 Å². The Hall–Kier alpha value is -3.58. The van der Waals surface area contributed by atoms with Crippen LogP contribution < -0.4 is 4.90 Å². The number of halogens is 1. The Bertz CT molecular complexity index is 1540. The van der Waals surface area contributed by atoms with E-state index in [4.69, 9.17) is 11.6 Å². The van der Waals surface area contributed by atoms with E-state index in [9.17, 15) is 24.8 Å². The van der Waals surface area contributed by atoms with Gasteiger partial charge < -0.3 is 5.11 Å². The van der Waals surface area contributed by atoms with Crippen LogP contribution in [0.15, 0.2) is 81.7 Å². The molecule has 1 amide bonds. The van der Waals surface area contributed by atoms with Crippen LogP contribution in [0, 0.1) is 10.1 Å². The number of carbonyl (C=O) groups is 2. The van der Waals surface area contributed by atoms with E-state index < -0.39 is 28.4 Å². The molecule has 3 heterocycles. The topological polar surface area (TPSA) is 127 Å². The minimum Gasteiger partial charge on any atom is -0.503 e. The zero-order chi connectivity index (χ0) is 26.1. The van der Waals surface area contributed by atoms with Crippen molar-refractivity contribution in [1.82, 2.24) is 10.2 Å². The number of aliphatic hydroxyl groups is 1. The van der Waals surface area contributed by atoms with Crippen LogP contribution in [-0.4, -0.2) is 31.9 Å². The maximum absolute atomic E-state index is 13.4. The number of nitro groups is 1. The van der Waals surface area contributed by atoms with Gasteiger partial charge in [-0.05, 0) is 34.7 Å². The summed E-state index contributed by atoms with van der Waals surface area (Å²) in [6.45, 7) is 0. The molecule has 2 aromatic heterocycles. The van der Waals surface area contributed by atoms with Crippen LogP contribution in [-0.2, 0) is 10.5 Å². The molecule has 1 unspecified atom stereocenters. The molecule has 0 bridgehead atoms. The number of non-ortho nitro benzene ring substituents is 1. The Balaban J connectivity index is 1.51. The fraction of sp³-hybridized carbons (Fsp3) is 0.0833. The Labute approximate surface area is 227 Å². The summed E-state index contributed by atoms with van der Waals surface area (Å²) in [6.07, 6.45) is 0. The Morgan fingerprint density at radius 3 is 2.65 bits per heavy atom. The number of aliphatic hydroxyl groups excluding tert-OH is 1. The molecule has 9 nitrogen and oxygen atoms in total. The summed E-state index contributed by atoms with van der Waals surface area (Å²) >= 11 is 9.62. The van der Waals surface area contributed by atoms with Gasteiger partial charge in [0.05, 0.1) is 21.4 Å². The molecule has 1 atom stereocenters. The first-order chi connectivity index (χ1) is 17.8. The van der Waals surface area contributed by atoms with Crippen molar-refractivity contribution in [2.75, 3.05) is 4.90 Å². The third kappa shape index (κ3) is 5.01. The predicted molar refractivity (Wildman–Crippen MR) is 143 cm³/mol. The Kier molecular flexibility index (Phi) is 7.07. The van der Waals surface area contributed by atoms with Gasteiger partial charge in [0.25, 0.3) is 11.6 Å². The summed E-state index contributed by atoms with van der Waals surface area (Å²) in [5.74, 6) is -1.51. The molecule has 0 aliphatic carbocycles. The lowest BCUT2D eigenvalue weighted by molar-refractivity contribution is -0.384. The minimum absolute atomic E-state index is 0.153. The number of nitrogens with zero attached hydrogens (tertiary/aromatic N) is 4. The molecule has 1 N–H and O–H groups in total. The van der Waals surface area contributed by atoms with Gasteiger partial charge in [0.2, 0.25) is 10.9 Å². The SMILES string of the molecule is O=C(C1=C(O)C(=O)N(c2nnc(SCc3ccc(Cl)cc3)s2)C1c1cccc([N+](=O)[O-])c1)c1cccs1. The molecule has 0 fully saturated rings. The summed E-state index contributed by atoms with van der Waals surface area (Å²) in [5.41, 5.74) is 0.923. The highest BCUT2D eigenvalue weighted by Gasteiger charge is 2.46. The zero-order valence-corrected chi connectivity index (χ0v) is 21.8. The highest BCUT2D eigenvalue weighted by Crippen LogP contribution is 2.44. The third-order valence-corrected chi connectivity index (χ3v) is 8.72. The van der Waals surface area contributed by atoms with E-state index in [1.807, 2.05) is 12.1 Å². The molecule has 2 aromatic carbocycles. The van der Waals surface area contributed by atoms with Crippen LogP contribution in [0.5, 0.6) is 0 Å². The van der Waals surface area contributed by atoms with Crippen molar-refractivity contribution in [2.45, 2.75) is 16.1 Å². The predicted octanol–water partition coefficient (Wildman–Crippen LogP) is 6.24. The number of aromatic nitrogens is 2. The van der Waals surface area contributed by atoms with Gasteiger partial charge in [-0.25, -0.2) is 0 Å². The number of ketones is 1.